The van der Waals surface area contributed by atoms with E-state index in [0.29, 0.717) is 12.3 Å². The fourth-order valence-electron chi connectivity index (χ4n) is 2.43. The van der Waals surface area contributed by atoms with Gasteiger partial charge in [-0.25, -0.2) is 0 Å². The van der Waals surface area contributed by atoms with Crippen LogP contribution in [0.3, 0.4) is 0 Å². The number of amides is 2. The molecule has 1 unspecified atom stereocenters. The first-order valence-electron chi connectivity index (χ1n) is 8.25. The van der Waals surface area contributed by atoms with Gasteiger partial charge in [-0.05, 0) is 31.5 Å². The first-order chi connectivity index (χ1) is 12.0. The molecule has 0 bridgehead atoms. The molecule has 2 aromatic carbocycles. The molecule has 0 radical (unpaired) electrons. The minimum absolute atomic E-state index is 0.0504. The minimum atomic E-state index is -0.518. The summed E-state index contributed by atoms with van der Waals surface area (Å²) in [5.74, 6) is 0.0905. The average molecular weight is 356 g/mol. The van der Waals surface area contributed by atoms with Gasteiger partial charge in [-0.2, -0.15) is 0 Å². The van der Waals surface area contributed by atoms with Crippen LogP contribution in [-0.4, -0.2) is 35.6 Å². The zero-order valence-corrected chi connectivity index (χ0v) is 15.7. The predicted octanol–water partition coefficient (Wildman–Crippen LogP) is 3.25. The molecular weight excluding hydrogens is 332 g/mol. The normalized spacial score (nSPS) is 11.6. The van der Waals surface area contributed by atoms with Gasteiger partial charge in [0.15, 0.2) is 0 Å². The molecule has 4 nitrogen and oxygen atoms in total. The van der Waals surface area contributed by atoms with E-state index in [1.54, 1.807) is 18.9 Å². The Morgan fingerprint density at radius 3 is 2.32 bits per heavy atom. The van der Waals surface area contributed by atoms with E-state index in [2.05, 4.69) is 5.32 Å². The highest BCUT2D eigenvalue weighted by Crippen LogP contribution is 2.19. The number of aryl methyl sites for hydroxylation is 1. The summed E-state index contributed by atoms with van der Waals surface area (Å²) in [5.41, 5.74) is 2.18. The number of rotatable bonds is 7. The second kappa shape index (κ2) is 9.28. The molecular formula is C20H24N2O2S. The second-order valence-electron chi connectivity index (χ2n) is 5.90. The molecule has 0 aromatic heterocycles. The summed E-state index contributed by atoms with van der Waals surface area (Å²) in [6.07, 6.45) is 0. The second-order valence-corrected chi connectivity index (χ2v) is 6.95. The van der Waals surface area contributed by atoms with Crippen molar-refractivity contribution in [2.24, 2.45) is 0 Å². The molecule has 25 heavy (non-hydrogen) atoms. The largest absolute Gasteiger partial charge is 0.357 e. The van der Waals surface area contributed by atoms with Crippen molar-refractivity contribution in [3.63, 3.8) is 0 Å². The maximum absolute atomic E-state index is 12.8. The monoisotopic (exact) mass is 356 g/mol. The predicted molar refractivity (Wildman–Crippen MR) is 102 cm³/mol. The van der Waals surface area contributed by atoms with Gasteiger partial charge in [0, 0.05) is 18.5 Å². The Morgan fingerprint density at radius 2 is 1.72 bits per heavy atom. The maximum Gasteiger partial charge on any atom is 0.242 e. The molecule has 0 fully saturated rings. The van der Waals surface area contributed by atoms with Crippen LogP contribution in [0.4, 0.5) is 0 Å². The van der Waals surface area contributed by atoms with E-state index < -0.39 is 6.04 Å². The molecule has 5 heteroatoms. The lowest BCUT2D eigenvalue weighted by Crippen LogP contribution is -2.47. The number of likely N-dealkylation sites (N-methyl/N-ethyl adjacent to an activating group) is 1. The lowest BCUT2D eigenvalue weighted by Gasteiger charge is -2.28. The molecule has 0 spiro atoms. The Labute approximate surface area is 153 Å². The highest BCUT2D eigenvalue weighted by molar-refractivity contribution is 8.00. The number of benzene rings is 2. The van der Waals surface area contributed by atoms with Gasteiger partial charge in [-0.1, -0.05) is 48.0 Å². The molecule has 1 N–H and O–H groups in total. The highest BCUT2D eigenvalue weighted by atomic mass is 32.2. The van der Waals surface area contributed by atoms with Crippen molar-refractivity contribution in [2.75, 3.05) is 12.8 Å². The summed E-state index contributed by atoms with van der Waals surface area (Å²) in [6, 6.07) is 17.3. The van der Waals surface area contributed by atoms with Crippen molar-refractivity contribution in [3.05, 3.63) is 65.7 Å². The first-order valence-corrected chi connectivity index (χ1v) is 9.24. The standard InChI is InChI=1S/C20H24N2O2S/c1-15-9-11-17(12-10-15)13-22(16(2)20(24)21-3)19(23)14-25-18-7-5-4-6-8-18/h4-12,16H,13-14H2,1-3H3,(H,21,24). The zero-order chi connectivity index (χ0) is 18.2. The third-order valence-electron chi connectivity index (χ3n) is 3.99. The van der Waals surface area contributed by atoms with Gasteiger partial charge in [-0.3, -0.25) is 9.59 Å². The third-order valence-corrected chi connectivity index (χ3v) is 4.99. The van der Waals surface area contributed by atoms with E-state index in [0.717, 1.165) is 10.5 Å². The van der Waals surface area contributed by atoms with Crippen LogP contribution >= 0.6 is 11.8 Å². The Kier molecular flexibility index (Phi) is 7.07. The average Bonchev–Trinajstić information content (AvgIpc) is 2.65. The van der Waals surface area contributed by atoms with Crippen LogP contribution in [0, 0.1) is 6.92 Å². The number of hydrogen-bond acceptors (Lipinski definition) is 3. The smallest absolute Gasteiger partial charge is 0.242 e. The summed E-state index contributed by atoms with van der Waals surface area (Å²) < 4.78 is 0. The lowest BCUT2D eigenvalue weighted by molar-refractivity contribution is -0.138. The zero-order valence-electron chi connectivity index (χ0n) is 14.9. The topological polar surface area (TPSA) is 49.4 Å². The van der Waals surface area contributed by atoms with Crippen molar-refractivity contribution in [1.29, 1.82) is 0 Å². The van der Waals surface area contributed by atoms with Crippen LogP contribution in [0.25, 0.3) is 0 Å². The van der Waals surface area contributed by atoms with E-state index in [4.69, 9.17) is 0 Å². The summed E-state index contributed by atoms with van der Waals surface area (Å²) >= 11 is 1.48. The van der Waals surface area contributed by atoms with E-state index in [1.165, 1.54) is 17.3 Å². The summed E-state index contributed by atoms with van der Waals surface area (Å²) in [5, 5.41) is 2.63. The molecule has 132 valence electrons. The number of hydrogen-bond donors (Lipinski definition) is 1. The van der Waals surface area contributed by atoms with Crippen molar-refractivity contribution in [1.82, 2.24) is 10.2 Å². The summed E-state index contributed by atoms with van der Waals surface area (Å²) in [6.45, 7) is 4.21. The van der Waals surface area contributed by atoms with E-state index in [9.17, 15) is 9.59 Å². The fourth-order valence-corrected chi connectivity index (χ4v) is 3.23. The Morgan fingerprint density at radius 1 is 1.08 bits per heavy atom. The number of carbonyl (C=O) groups is 2. The maximum atomic E-state index is 12.8. The Balaban J connectivity index is 2.10. The number of carbonyl (C=O) groups excluding carboxylic acids is 2. The van der Waals surface area contributed by atoms with Crippen molar-refractivity contribution < 1.29 is 9.59 Å². The number of nitrogens with zero attached hydrogens (tertiary/aromatic N) is 1. The van der Waals surface area contributed by atoms with E-state index in [1.807, 2.05) is 61.5 Å². The van der Waals surface area contributed by atoms with Crippen molar-refractivity contribution >= 4 is 23.6 Å². The van der Waals surface area contributed by atoms with Crippen LogP contribution in [0.2, 0.25) is 0 Å². The molecule has 0 heterocycles. The number of nitrogens with one attached hydrogen (secondary N) is 1. The van der Waals surface area contributed by atoms with Gasteiger partial charge in [-0.15, -0.1) is 11.8 Å². The molecule has 2 rings (SSSR count). The van der Waals surface area contributed by atoms with Gasteiger partial charge in [0.25, 0.3) is 0 Å². The molecule has 2 amide bonds. The number of thioether (sulfide) groups is 1. The highest BCUT2D eigenvalue weighted by Gasteiger charge is 2.25. The lowest BCUT2D eigenvalue weighted by atomic mass is 10.1. The molecule has 2 aromatic rings. The SMILES string of the molecule is CNC(=O)C(C)N(Cc1ccc(C)cc1)C(=O)CSc1ccccc1. The molecule has 0 saturated heterocycles. The van der Waals surface area contributed by atoms with Crippen LogP contribution in [0.5, 0.6) is 0 Å². The molecule has 0 aliphatic carbocycles. The minimum Gasteiger partial charge on any atom is -0.357 e. The van der Waals surface area contributed by atoms with Crippen molar-refractivity contribution in [2.45, 2.75) is 31.3 Å². The first kappa shape index (κ1) is 19.1. The van der Waals surface area contributed by atoms with E-state index in [-0.39, 0.29) is 11.8 Å². The van der Waals surface area contributed by atoms with Crippen LogP contribution in [-0.2, 0) is 16.1 Å². The van der Waals surface area contributed by atoms with Gasteiger partial charge in [0.1, 0.15) is 6.04 Å². The summed E-state index contributed by atoms with van der Waals surface area (Å²) in [7, 11) is 1.59. The van der Waals surface area contributed by atoms with Crippen LogP contribution < -0.4 is 5.32 Å². The fraction of sp³-hybridized carbons (Fsp3) is 0.300. The molecule has 1 atom stereocenters. The van der Waals surface area contributed by atoms with Crippen molar-refractivity contribution in [3.8, 4) is 0 Å². The van der Waals surface area contributed by atoms with E-state index >= 15 is 0 Å². The Hall–Kier alpha value is -2.27. The van der Waals surface area contributed by atoms with Gasteiger partial charge >= 0.3 is 0 Å². The molecule has 0 saturated carbocycles. The van der Waals surface area contributed by atoms with Gasteiger partial charge in [0.2, 0.25) is 11.8 Å². The molecule has 0 aliphatic rings. The molecule has 0 aliphatic heterocycles. The van der Waals surface area contributed by atoms with Crippen LogP contribution in [0.1, 0.15) is 18.1 Å². The Bertz CT molecular complexity index is 701. The van der Waals surface area contributed by atoms with Gasteiger partial charge in [0.05, 0.1) is 5.75 Å². The quantitative estimate of drug-likeness (QED) is 0.775. The van der Waals surface area contributed by atoms with Gasteiger partial charge < -0.3 is 10.2 Å². The third kappa shape index (κ3) is 5.64. The van der Waals surface area contributed by atoms with Crippen LogP contribution in [0.15, 0.2) is 59.5 Å². The summed E-state index contributed by atoms with van der Waals surface area (Å²) in [4.78, 5) is 27.5.